The number of benzene rings is 1. The van der Waals surface area contributed by atoms with E-state index < -0.39 is 0 Å². The third kappa shape index (κ3) is 4.11. The summed E-state index contributed by atoms with van der Waals surface area (Å²) < 4.78 is 1.16. The van der Waals surface area contributed by atoms with E-state index in [9.17, 15) is 9.59 Å². The van der Waals surface area contributed by atoms with Crippen molar-refractivity contribution in [3.05, 3.63) is 34.8 Å². The Morgan fingerprint density at radius 2 is 2.00 bits per heavy atom. The molecule has 1 fully saturated rings. The number of rotatable bonds is 4. The van der Waals surface area contributed by atoms with Crippen LogP contribution in [0.4, 0.5) is 10.3 Å². The molecule has 1 unspecified atom stereocenters. The molecule has 2 amide bonds. The number of anilines is 2. The topological polar surface area (TPSA) is 78.4 Å². The van der Waals surface area contributed by atoms with Gasteiger partial charge in [0.1, 0.15) is 4.88 Å². The molecule has 7 nitrogen and oxygen atoms in total. The second-order valence-corrected chi connectivity index (χ2v) is 9.38. The highest BCUT2D eigenvalue weighted by Gasteiger charge is 2.28. The Kier molecular flexibility index (Phi) is 5.51. The van der Waals surface area contributed by atoms with E-state index in [1.165, 1.54) is 16.2 Å². The second kappa shape index (κ2) is 8.08. The van der Waals surface area contributed by atoms with Crippen LogP contribution in [0.25, 0.3) is 10.2 Å². The average molecular weight is 430 g/mol. The fourth-order valence-electron chi connectivity index (χ4n) is 3.42. The highest BCUT2D eigenvalue weighted by molar-refractivity contribution is 7.22. The Morgan fingerprint density at radius 1 is 1.21 bits per heavy atom. The van der Waals surface area contributed by atoms with Gasteiger partial charge in [-0.2, -0.15) is 0 Å². The third-order valence-corrected chi connectivity index (χ3v) is 7.13. The number of thiazole rings is 2. The first kappa shape index (κ1) is 19.8. The Labute approximate surface area is 177 Å². The summed E-state index contributed by atoms with van der Waals surface area (Å²) in [7, 11) is 3.41. The molecular formula is C20H23N5O2S2. The molecule has 2 aromatic heterocycles. The number of amides is 2. The molecule has 9 heteroatoms. The van der Waals surface area contributed by atoms with Crippen molar-refractivity contribution in [3.63, 3.8) is 0 Å². The van der Waals surface area contributed by atoms with Crippen LogP contribution in [0.3, 0.4) is 0 Å². The second-order valence-electron chi connectivity index (χ2n) is 7.37. The number of hydrogen-bond donors (Lipinski definition) is 1. The van der Waals surface area contributed by atoms with Crippen LogP contribution < -0.4 is 10.2 Å². The Morgan fingerprint density at radius 3 is 2.76 bits per heavy atom. The van der Waals surface area contributed by atoms with Crippen molar-refractivity contribution in [2.45, 2.75) is 19.8 Å². The van der Waals surface area contributed by atoms with Crippen molar-refractivity contribution in [2.24, 2.45) is 5.92 Å². The molecule has 4 rings (SSSR count). The molecule has 3 heterocycles. The first-order valence-corrected chi connectivity index (χ1v) is 11.2. The molecule has 1 aliphatic heterocycles. The van der Waals surface area contributed by atoms with Crippen LogP contribution in [0.1, 0.15) is 28.2 Å². The number of hydrogen-bond acceptors (Lipinski definition) is 7. The van der Waals surface area contributed by atoms with Gasteiger partial charge in [0.25, 0.3) is 5.91 Å². The van der Waals surface area contributed by atoms with Gasteiger partial charge in [0.15, 0.2) is 10.3 Å². The third-order valence-electron chi connectivity index (χ3n) is 4.97. The normalized spacial score (nSPS) is 16.8. The molecule has 1 aromatic carbocycles. The maximum absolute atomic E-state index is 12.9. The smallest absolute Gasteiger partial charge is 0.265 e. The molecule has 29 heavy (non-hydrogen) atoms. The van der Waals surface area contributed by atoms with Gasteiger partial charge in [-0.1, -0.05) is 34.8 Å². The van der Waals surface area contributed by atoms with Crippen molar-refractivity contribution in [3.8, 4) is 0 Å². The molecule has 0 spiro atoms. The lowest BCUT2D eigenvalue weighted by Crippen LogP contribution is -2.40. The summed E-state index contributed by atoms with van der Waals surface area (Å²) in [5, 5.41) is 4.37. The minimum Gasteiger partial charge on any atom is -0.347 e. The molecule has 0 bridgehead atoms. The van der Waals surface area contributed by atoms with Gasteiger partial charge in [-0.25, -0.2) is 9.97 Å². The van der Waals surface area contributed by atoms with Gasteiger partial charge in [0.05, 0.1) is 21.8 Å². The lowest BCUT2D eigenvalue weighted by molar-refractivity contribution is -0.120. The number of nitrogens with one attached hydrogen (secondary N) is 1. The van der Waals surface area contributed by atoms with Crippen LogP contribution in [-0.2, 0) is 4.79 Å². The molecule has 3 aromatic rings. The van der Waals surface area contributed by atoms with Gasteiger partial charge in [-0.05, 0) is 31.9 Å². The first-order chi connectivity index (χ1) is 13.9. The summed E-state index contributed by atoms with van der Waals surface area (Å²) in [5.74, 6) is -0.276. The van der Waals surface area contributed by atoms with E-state index in [1.54, 1.807) is 32.4 Å². The Hall–Kier alpha value is -2.52. The van der Waals surface area contributed by atoms with E-state index in [0.717, 1.165) is 34.7 Å². The van der Waals surface area contributed by atoms with E-state index in [-0.39, 0.29) is 17.7 Å². The highest BCUT2D eigenvalue weighted by Crippen LogP contribution is 2.32. The van der Waals surface area contributed by atoms with Gasteiger partial charge in [-0.3, -0.25) is 9.59 Å². The van der Waals surface area contributed by atoms with Crippen molar-refractivity contribution in [2.75, 3.05) is 37.4 Å². The predicted octanol–water partition coefficient (Wildman–Crippen LogP) is 3.62. The number of para-hydroxylation sites is 1. The van der Waals surface area contributed by atoms with Crippen molar-refractivity contribution in [1.29, 1.82) is 0 Å². The Bertz CT molecular complexity index is 1030. The van der Waals surface area contributed by atoms with Crippen LogP contribution in [0.5, 0.6) is 0 Å². The van der Waals surface area contributed by atoms with Gasteiger partial charge in [0, 0.05) is 27.2 Å². The zero-order valence-electron chi connectivity index (χ0n) is 16.6. The fraction of sp³-hybridized carbons (Fsp3) is 0.400. The van der Waals surface area contributed by atoms with Crippen LogP contribution in [0, 0.1) is 12.8 Å². The van der Waals surface area contributed by atoms with Gasteiger partial charge in [-0.15, -0.1) is 0 Å². The summed E-state index contributed by atoms with van der Waals surface area (Å²) in [6.07, 6.45) is 1.77. The summed E-state index contributed by atoms with van der Waals surface area (Å²) in [5.41, 5.74) is 1.64. The molecule has 1 atom stereocenters. The average Bonchev–Trinajstić information content (AvgIpc) is 3.30. The molecule has 0 aliphatic carbocycles. The minimum atomic E-state index is -0.132. The number of carbonyl (C=O) groups excluding carboxylic acids is 2. The van der Waals surface area contributed by atoms with E-state index in [2.05, 4.69) is 21.3 Å². The van der Waals surface area contributed by atoms with Crippen LogP contribution in [0.15, 0.2) is 24.3 Å². The lowest BCUT2D eigenvalue weighted by Gasteiger charge is -2.31. The number of piperidine rings is 1. The van der Waals surface area contributed by atoms with Crippen LogP contribution in [-0.4, -0.2) is 53.9 Å². The monoisotopic (exact) mass is 429 g/mol. The summed E-state index contributed by atoms with van der Waals surface area (Å²) in [4.78, 5) is 38.4. The van der Waals surface area contributed by atoms with E-state index >= 15 is 0 Å². The highest BCUT2D eigenvalue weighted by atomic mass is 32.1. The van der Waals surface area contributed by atoms with Crippen molar-refractivity contribution < 1.29 is 9.59 Å². The fourth-order valence-corrected chi connectivity index (χ4v) is 5.41. The molecule has 1 aliphatic rings. The number of carbonyl (C=O) groups is 2. The Balaban J connectivity index is 1.45. The lowest BCUT2D eigenvalue weighted by atomic mass is 9.97. The predicted molar refractivity (Wildman–Crippen MR) is 118 cm³/mol. The summed E-state index contributed by atoms with van der Waals surface area (Å²) in [6.45, 7) is 3.33. The van der Waals surface area contributed by atoms with Gasteiger partial charge < -0.3 is 15.1 Å². The van der Waals surface area contributed by atoms with Crippen LogP contribution >= 0.6 is 22.7 Å². The number of aromatic nitrogens is 2. The van der Waals surface area contributed by atoms with E-state index in [1.807, 2.05) is 18.2 Å². The first-order valence-electron chi connectivity index (χ1n) is 9.53. The zero-order valence-corrected chi connectivity index (χ0v) is 18.3. The number of fused-ring (bicyclic) bond motifs is 1. The standard InChI is InChI=1S/C20H23N5O2S2/c1-12-16(18(27)24(2)3)29-19(21-12)23-17(26)13-7-6-10-25(11-13)20-22-14-8-4-5-9-15(14)28-20/h4-5,8-9,13H,6-7,10-11H2,1-3H3,(H,21,23,26). The molecule has 0 radical (unpaired) electrons. The summed E-state index contributed by atoms with van der Waals surface area (Å²) >= 11 is 2.89. The number of aryl methyl sites for hydroxylation is 1. The maximum atomic E-state index is 12.9. The molecule has 152 valence electrons. The largest absolute Gasteiger partial charge is 0.347 e. The zero-order chi connectivity index (χ0) is 20.5. The van der Waals surface area contributed by atoms with Gasteiger partial charge >= 0.3 is 0 Å². The van der Waals surface area contributed by atoms with Gasteiger partial charge in [0.2, 0.25) is 5.91 Å². The number of nitrogens with zero attached hydrogens (tertiary/aromatic N) is 4. The molecule has 1 saturated heterocycles. The summed E-state index contributed by atoms with van der Waals surface area (Å²) in [6, 6.07) is 8.09. The SMILES string of the molecule is Cc1nc(NC(=O)C2CCCN(c3nc4ccccc4s3)C2)sc1C(=O)N(C)C. The van der Waals surface area contributed by atoms with Crippen LogP contribution in [0.2, 0.25) is 0 Å². The quantitative estimate of drug-likeness (QED) is 0.685. The van der Waals surface area contributed by atoms with E-state index in [0.29, 0.717) is 22.2 Å². The molecule has 1 N–H and O–H groups in total. The molecular weight excluding hydrogens is 406 g/mol. The van der Waals surface area contributed by atoms with E-state index in [4.69, 9.17) is 4.98 Å². The van der Waals surface area contributed by atoms with Crippen molar-refractivity contribution >= 4 is 55.0 Å². The maximum Gasteiger partial charge on any atom is 0.265 e. The van der Waals surface area contributed by atoms with Crippen molar-refractivity contribution in [1.82, 2.24) is 14.9 Å². The minimum absolute atomic E-state index is 0.0478. The molecule has 0 saturated carbocycles.